The van der Waals surface area contributed by atoms with Crippen LogP contribution in [0.5, 0.6) is 0 Å². The number of halogens is 1. The average Bonchev–Trinajstić information content (AvgIpc) is 2.53. The van der Waals surface area contributed by atoms with Crippen LogP contribution in [0.2, 0.25) is 4.34 Å². The molecule has 0 aliphatic carbocycles. The molecule has 0 aromatic carbocycles. The summed E-state index contributed by atoms with van der Waals surface area (Å²) >= 11 is 7.15. The number of nitrogens with zero attached hydrogens (tertiary/aromatic N) is 2. The minimum Gasteiger partial charge on any atom is -0.383 e. The van der Waals surface area contributed by atoms with Gasteiger partial charge in [-0.1, -0.05) is 11.6 Å². The number of aromatic nitrogens is 2. The van der Waals surface area contributed by atoms with Crippen LogP contribution in [0.4, 0.5) is 5.82 Å². The molecule has 0 saturated carbocycles. The lowest BCUT2D eigenvalue weighted by Gasteiger charge is -1.98. The van der Waals surface area contributed by atoms with Crippen molar-refractivity contribution in [3.8, 4) is 10.6 Å². The van der Waals surface area contributed by atoms with E-state index < -0.39 is 0 Å². The molecule has 2 rings (SSSR count). The standard InChI is InChI=1S/C8H6ClN3S/c9-6-4-12-8(13-6)5-2-1-3-11-7(5)10/h1-4H,(H2,10,11). The van der Waals surface area contributed by atoms with Crippen LogP contribution in [-0.2, 0) is 0 Å². The predicted octanol–water partition coefficient (Wildman–Crippen LogP) is 2.44. The largest absolute Gasteiger partial charge is 0.383 e. The minimum atomic E-state index is 0.480. The Balaban J connectivity index is 2.52. The fraction of sp³-hybridized carbons (Fsp3) is 0. The van der Waals surface area contributed by atoms with Gasteiger partial charge in [0.05, 0.1) is 11.8 Å². The molecular formula is C8H6ClN3S. The van der Waals surface area contributed by atoms with Gasteiger partial charge in [-0.3, -0.25) is 0 Å². The molecule has 2 N–H and O–H groups in total. The monoisotopic (exact) mass is 211 g/mol. The summed E-state index contributed by atoms with van der Waals surface area (Å²) in [6, 6.07) is 3.69. The SMILES string of the molecule is Nc1ncccc1-c1ncc(Cl)s1. The van der Waals surface area contributed by atoms with Crippen molar-refractivity contribution < 1.29 is 0 Å². The molecular weight excluding hydrogens is 206 g/mol. The molecule has 2 heterocycles. The van der Waals surface area contributed by atoms with Crippen molar-refractivity contribution in [3.05, 3.63) is 28.9 Å². The smallest absolute Gasteiger partial charge is 0.133 e. The molecule has 0 radical (unpaired) electrons. The van der Waals surface area contributed by atoms with Crippen LogP contribution in [-0.4, -0.2) is 9.97 Å². The van der Waals surface area contributed by atoms with Crippen molar-refractivity contribution in [2.24, 2.45) is 0 Å². The summed E-state index contributed by atoms with van der Waals surface area (Å²) in [6.45, 7) is 0. The highest BCUT2D eigenvalue weighted by Crippen LogP contribution is 2.30. The molecule has 66 valence electrons. The van der Waals surface area contributed by atoms with Crippen molar-refractivity contribution in [3.63, 3.8) is 0 Å². The summed E-state index contributed by atoms with van der Waals surface area (Å²) in [5.41, 5.74) is 6.51. The molecule has 13 heavy (non-hydrogen) atoms. The highest BCUT2D eigenvalue weighted by Gasteiger charge is 2.06. The maximum atomic E-state index is 5.76. The number of thiazole rings is 1. The molecule has 0 aliphatic rings. The molecule has 0 unspecified atom stereocenters. The van der Waals surface area contributed by atoms with Crippen LogP contribution in [0.25, 0.3) is 10.6 Å². The highest BCUT2D eigenvalue weighted by atomic mass is 35.5. The van der Waals surface area contributed by atoms with Crippen LogP contribution in [0, 0.1) is 0 Å². The first-order valence-electron chi connectivity index (χ1n) is 3.59. The average molecular weight is 212 g/mol. The van der Waals surface area contributed by atoms with Gasteiger partial charge in [0.25, 0.3) is 0 Å². The van der Waals surface area contributed by atoms with E-state index >= 15 is 0 Å². The Kier molecular flexibility index (Phi) is 2.16. The van der Waals surface area contributed by atoms with Crippen LogP contribution in [0.1, 0.15) is 0 Å². The Hall–Kier alpha value is -1.13. The van der Waals surface area contributed by atoms with E-state index in [1.807, 2.05) is 12.1 Å². The van der Waals surface area contributed by atoms with E-state index in [4.69, 9.17) is 17.3 Å². The Morgan fingerprint density at radius 2 is 2.23 bits per heavy atom. The normalized spacial score (nSPS) is 10.2. The highest BCUT2D eigenvalue weighted by molar-refractivity contribution is 7.18. The number of pyridine rings is 1. The van der Waals surface area contributed by atoms with Crippen LogP contribution >= 0.6 is 22.9 Å². The van der Waals surface area contributed by atoms with Gasteiger partial charge in [0, 0.05) is 6.20 Å². The fourth-order valence-electron chi connectivity index (χ4n) is 0.977. The lowest BCUT2D eigenvalue weighted by atomic mass is 10.3. The Labute approximate surface area is 84.2 Å². The van der Waals surface area contributed by atoms with Crippen molar-refractivity contribution >= 4 is 28.8 Å². The molecule has 2 aromatic heterocycles. The van der Waals surface area contributed by atoms with Crippen molar-refractivity contribution in [2.45, 2.75) is 0 Å². The molecule has 0 bridgehead atoms. The van der Waals surface area contributed by atoms with Crippen LogP contribution in [0.3, 0.4) is 0 Å². The molecule has 0 fully saturated rings. The van der Waals surface area contributed by atoms with Crippen LogP contribution < -0.4 is 5.73 Å². The van der Waals surface area contributed by atoms with Crippen molar-refractivity contribution in [2.75, 3.05) is 5.73 Å². The van der Waals surface area contributed by atoms with E-state index in [9.17, 15) is 0 Å². The summed E-state index contributed by atoms with van der Waals surface area (Å²) in [6.07, 6.45) is 3.25. The van der Waals surface area contributed by atoms with E-state index in [1.54, 1.807) is 12.4 Å². The first kappa shape index (κ1) is 8.47. The Bertz CT molecular complexity index is 427. The number of hydrogen-bond donors (Lipinski definition) is 1. The molecule has 2 aromatic rings. The van der Waals surface area contributed by atoms with Gasteiger partial charge in [0.15, 0.2) is 0 Å². The van der Waals surface area contributed by atoms with E-state index in [0.717, 1.165) is 10.6 Å². The van der Waals surface area contributed by atoms with E-state index in [2.05, 4.69) is 9.97 Å². The third kappa shape index (κ3) is 1.64. The minimum absolute atomic E-state index is 0.480. The lowest BCUT2D eigenvalue weighted by Crippen LogP contribution is -1.92. The Morgan fingerprint density at radius 3 is 2.85 bits per heavy atom. The number of nitrogens with two attached hydrogens (primary N) is 1. The number of hydrogen-bond acceptors (Lipinski definition) is 4. The van der Waals surface area contributed by atoms with Gasteiger partial charge in [-0.25, -0.2) is 9.97 Å². The van der Waals surface area contributed by atoms with Gasteiger partial charge >= 0.3 is 0 Å². The summed E-state index contributed by atoms with van der Waals surface area (Å²) in [5, 5.41) is 0.801. The molecule has 5 heteroatoms. The zero-order chi connectivity index (χ0) is 9.26. The van der Waals surface area contributed by atoms with Gasteiger partial charge in [-0.05, 0) is 12.1 Å². The Morgan fingerprint density at radius 1 is 1.38 bits per heavy atom. The number of rotatable bonds is 1. The fourth-order valence-corrected chi connectivity index (χ4v) is 1.92. The molecule has 0 atom stereocenters. The van der Waals surface area contributed by atoms with Gasteiger partial charge in [0.1, 0.15) is 15.2 Å². The van der Waals surface area contributed by atoms with E-state index in [-0.39, 0.29) is 0 Å². The second kappa shape index (κ2) is 3.32. The maximum absolute atomic E-state index is 5.76. The van der Waals surface area contributed by atoms with Crippen molar-refractivity contribution in [1.29, 1.82) is 0 Å². The third-order valence-corrected chi connectivity index (χ3v) is 2.69. The summed E-state index contributed by atoms with van der Waals surface area (Å²) in [4.78, 5) is 8.08. The summed E-state index contributed by atoms with van der Waals surface area (Å²) < 4.78 is 0.651. The predicted molar refractivity (Wildman–Crippen MR) is 54.8 cm³/mol. The molecule has 0 aliphatic heterocycles. The van der Waals surface area contributed by atoms with Gasteiger partial charge < -0.3 is 5.73 Å². The van der Waals surface area contributed by atoms with Crippen LogP contribution in [0.15, 0.2) is 24.5 Å². The number of nitrogen functional groups attached to an aromatic ring is 1. The van der Waals surface area contributed by atoms with Gasteiger partial charge in [0.2, 0.25) is 0 Å². The zero-order valence-electron chi connectivity index (χ0n) is 6.57. The first-order chi connectivity index (χ1) is 6.27. The van der Waals surface area contributed by atoms with Gasteiger partial charge in [-0.15, -0.1) is 11.3 Å². The van der Waals surface area contributed by atoms with Gasteiger partial charge in [-0.2, -0.15) is 0 Å². The second-order valence-electron chi connectivity index (χ2n) is 2.41. The first-order valence-corrected chi connectivity index (χ1v) is 4.79. The van der Waals surface area contributed by atoms with E-state index in [1.165, 1.54) is 11.3 Å². The van der Waals surface area contributed by atoms with Crippen molar-refractivity contribution in [1.82, 2.24) is 9.97 Å². The summed E-state index contributed by atoms with van der Waals surface area (Å²) in [5.74, 6) is 0.480. The maximum Gasteiger partial charge on any atom is 0.133 e. The topological polar surface area (TPSA) is 51.8 Å². The quantitative estimate of drug-likeness (QED) is 0.788. The number of anilines is 1. The molecule has 0 saturated heterocycles. The lowest BCUT2D eigenvalue weighted by molar-refractivity contribution is 1.32. The van der Waals surface area contributed by atoms with E-state index in [0.29, 0.717) is 10.2 Å². The molecule has 0 spiro atoms. The third-order valence-electron chi connectivity index (χ3n) is 1.55. The molecule has 0 amide bonds. The second-order valence-corrected chi connectivity index (χ2v) is 4.07. The summed E-state index contributed by atoms with van der Waals surface area (Å²) in [7, 11) is 0. The molecule has 3 nitrogen and oxygen atoms in total. The zero-order valence-corrected chi connectivity index (χ0v) is 8.14.